The molecule has 0 aliphatic carbocycles. The standard InChI is InChI=1S/C28H23N3O7S/c1-4-37-27(33)24-16(2)29-28-30(25(24)18-7-11-20(36-3)12-8-18)26(32)23(39-28)15-21-13-14-22(38-21)17-5-9-19(10-6-17)31(34)35/h5-15,25H,4H2,1-3H3/b23-15-/t25-/m1/s1. The highest BCUT2D eigenvalue weighted by atomic mass is 32.1. The van der Waals surface area contributed by atoms with Crippen LogP contribution < -0.4 is 19.6 Å². The Kier molecular flexibility index (Phi) is 6.99. The normalized spacial score (nSPS) is 15.1. The Hall–Kier alpha value is -4.77. The first-order valence-corrected chi connectivity index (χ1v) is 12.8. The van der Waals surface area contributed by atoms with Crippen molar-refractivity contribution < 1.29 is 23.6 Å². The number of thiazole rings is 1. The van der Waals surface area contributed by atoms with Crippen LogP contribution in [-0.4, -0.2) is 29.2 Å². The Morgan fingerprint density at radius 3 is 2.51 bits per heavy atom. The highest BCUT2D eigenvalue weighted by Crippen LogP contribution is 2.31. The molecule has 1 atom stereocenters. The SMILES string of the molecule is CCOC(=O)C1=C(C)N=c2s/c(=C\c3ccc(-c4ccc([N+](=O)[O-])cc4)o3)c(=O)n2[C@@H]1c1ccc(OC)cc1. The molecule has 0 unspecified atom stereocenters. The van der Waals surface area contributed by atoms with E-state index in [0.717, 1.165) is 0 Å². The first-order valence-electron chi connectivity index (χ1n) is 12.0. The molecule has 1 aliphatic rings. The Balaban J connectivity index is 1.59. The number of methoxy groups -OCH3 is 1. The van der Waals surface area contributed by atoms with E-state index in [-0.39, 0.29) is 17.9 Å². The van der Waals surface area contributed by atoms with Gasteiger partial charge in [0.25, 0.3) is 11.2 Å². The van der Waals surface area contributed by atoms with Gasteiger partial charge in [-0.2, -0.15) is 0 Å². The van der Waals surface area contributed by atoms with Gasteiger partial charge >= 0.3 is 5.97 Å². The van der Waals surface area contributed by atoms with E-state index < -0.39 is 16.9 Å². The summed E-state index contributed by atoms with van der Waals surface area (Å²) in [5, 5.41) is 10.9. The summed E-state index contributed by atoms with van der Waals surface area (Å²) in [6.07, 6.45) is 1.62. The van der Waals surface area contributed by atoms with Gasteiger partial charge in [0.05, 0.1) is 40.5 Å². The highest BCUT2D eigenvalue weighted by molar-refractivity contribution is 7.07. The summed E-state index contributed by atoms with van der Waals surface area (Å²) in [6.45, 7) is 3.63. The van der Waals surface area contributed by atoms with Crippen molar-refractivity contribution in [1.82, 2.24) is 4.57 Å². The summed E-state index contributed by atoms with van der Waals surface area (Å²) < 4.78 is 18.4. The van der Waals surface area contributed by atoms with Crippen LogP contribution in [-0.2, 0) is 9.53 Å². The Morgan fingerprint density at radius 1 is 1.15 bits per heavy atom. The first-order chi connectivity index (χ1) is 18.8. The number of fused-ring (bicyclic) bond motifs is 1. The lowest BCUT2D eigenvalue weighted by Crippen LogP contribution is -2.39. The van der Waals surface area contributed by atoms with Gasteiger partial charge in [0, 0.05) is 23.8 Å². The van der Waals surface area contributed by atoms with Gasteiger partial charge < -0.3 is 13.9 Å². The molecule has 198 valence electrons. The third kappa shape index (κ3) is 4.91. The molecule has 2 aromatic heterocycles. The minimum Gasteiger partial charge on any atom is -0.497 e. The molecule has 39 heavy (non-hydrogen) atoms. The number of rotatable bonds is 7. The number of hydrogen-bond donors (Lipinski definition) is 0. The maximum atomic E-state index is 13.7. The molecule has 0 N–H and O–H groups in total. The number of nitro benzene ring substituents is 1. The van der Waals surface area contributed by atoms with Crippen LogP contribution in [0, 0.1) is 10.1 Å². The van der Waals surface area contributed by atoms with E-state index in [4.69, 9.17) is 13.9 Å². The molecule has 5 rings (SSSR count). The van der Waals surface area contributed by atoms with Crippen molar-refractivity contribution in [2.24, 2.45) is 4.99 Å². The molecule has 3 heterocycles. The molecule has 0 amide bonds. The molecule has 0 spiro atoms. The number of hydrogen-bond acceptors (Lipinski definition) is 9. The molecule has 11 heteroatoms. The summed E-state index contributed by atoms with van der Waals surface area (Å²) in [5.41, 5.74) is 1.79. The van der Waals surface area contributed by atoms with Crippen LogP contribution in [0.4, 0.5) is 5.69 Å². The number of benzene rings is 2. The summed E-state index contributed by atoms with van der Waals surface area (Å²) in [4.78, 5) is 42.2. The fourth-order valence-electron chi connectivity index (χ4n) is 4.36. The van der Waals surface area contributed by atoms with E-state index in [9.17, 15) is 19.7 Å². The summed E-state index contributed by atoms with van der Waals surface area (Å²) >= 11 is 1.19. The number of aromatic nitrogens is 1. The molecular formula is C28H23N3O7S. The predicted octanol–water partition coefficient (Wildman–Crippen LogP) is 3.98. The maximum Gasteiger partial charge on any atom is 0.338 e. The fourth-order valence-corrected chi connectivity index (χ4v) is 5.38. The van der Waals surface area contributed by atoms with Crippen molar-refractivity contribution in [2.45, 2.75) is 19.9 Å². The van der Waals surface area contributed by atoms with Crippen LogP contribution in [0.1, 0.15) is 31.2 Å². The van der Waals surface area contributed by atoms with Crippen molar-refractivity contribution >= 4 is 29.1 Å². The van der Waals surface area contributed by atoms with Gasteiger partial charge in [-0.15, -0.1) is 0 Å². The predicted molar refractivity (Wildman–Crippen MR) is 144 cm³/mol. The Morgan fingerprint density at radius 2 is 1.87 bits per heavy atom. The van der Waals surface area contributed by atoms with Crippen molar-refractivity contribution in [1.29, 1.82) is 0 Å². The number of furan rings is 1. The minimum absolute atomic E-state index is 0.0180. The molecule has 0 saturated heterocycles. The van der Waals surface area contributed by atoms with Crippen LogP contribution in [0.5, 0.6) is 5.75 Å². The van der Waals surface area contributed by atoms with E-state index >= 15 is 0 Å². The largest absolute Gasteiger partial charge is 0.497 e. The summed E-state index contributed by atoms with van der Waals surface area (Å²) in [6, 6.07) is 15.9. The lowest BCUT2D eigenvalue weighted by molar-refractivity contribution is -0.384. The molecule has 0 fully saturated rings. The second-order valence-electron chi connectivity index (χ2n) is 8.58. The van der Waals surface area contributed by atoms with Gasteiger partial charge in [-0.25, -0.2) is 9.79 Å². The number of nitrogens with zero attached hydrogens (tertiary/aromatic N) is 3. The van der Waals surface area contributed by atoms with E-state index in [2.05, 4.69) is 4.99 Å². The van der Waals surface area contributed by atoms with Crippen molar-refractivity contribution in [3.63, 3.8) is 0 Å². The number of allylic oxidation sites excluding steroid dienone is 1. The van der Waals surface area contributed by atoms with Gasteiger partial charge in [-0.3, -0.25) is 19.5 Å². The second kappa shape index (κ2) is 10.5. The number of nitro groups is 1. The third-order valence-electron chi connectivity index (χ3n) is 6.21. The van der Waals surface area contributed by atoms with Crippen LogP contribution in [0.25, 0.3) is 17.4 Å². The molecule has 0 bridgehead atoms. The molecule has 10 nitrogen and oxygen atoms in total. The van der Waals surface area contributed by atoms with Crippen LogP contribution in [0.15, 0.2) is 86.1 Å². The maximum absolute atomic E-state index is 13.7. The number of non-ortho nitro benzene ring substituents is 1. The fraction of sp³-hybridized carbons (Fsp3) is 0.179. The molecule has 0 radical (unpaired) electrons. The molecule has 1 aliphatic heterocycles. The monoisotopic (exact) mass is 545 g/mol. The van der Waals surface area contributed by atoms with Gasteiger partial charge in [0.1, 0.15) is 17.3 Å². The third-order valence-corrected chi connectivity index (χ3v) is 7.19. The summed E-state index contributed by atoms with van der Waals surface area (Å²) in [7, 11) is 1.56. The topological polar surface area (TPSA) is 126 Å². The average molecular weight is 546 g/mol. The molecular weight excluding hydrogens is 522 g/mol. The molecule has 4 aromatic rings. The van der Waals surface area contributed by atoms with Crippen LogP contribution in [0.3, 0.4) is 0 Å². The number of esters is 1. The second-order valence-corrected chi connectivity index (χ2v) is 9.59. The summed E-state index contributed by atoms with van der Waals surface area (Å²) in [5.74, 6) is 1.04. The quantitative estimate of drug-likeness (QED) is 0.195. The number of carbonyl (C=O) groups is 1. The zero-order chi connectivity index (χ0) is 27.7. The van der Waals surface area contributed by atoms with Gasteiger partial charge in [0.15, 0.2) is 4.80 Å². The Labute approximate surface area is 225 Å². The van der Waals surface area contributed by atoms with Crippen molar-refractivity contribution in [2.75, 3.05) is 13.7 Å². The molecule has 0 saturated carbocycles. The zero-order valence-electron chi connectivity index (χ0n) is 21.2. The lowest BCUT2D eigenvalue weighted by atomic mass is 9.96. The lowest BCUT2D eigenvalue weighted by Gasteiger charge is -2.24. The number of carbonyl (C=O) groups excluding carboxylic acids is 1. The molecule has 2 aromatic carbocycles. The highest BCUT2D eigenvalue weighted by Gasteiger charge is 2.33. The van der Waals surface area contributed by atoms with E-state index in [1.807, 2.05) is 12.1 Å². The minimum atomic E-state index is -0.736. The van der Waals surface area contributed by atoms with E-state index in [0.29, 0.717) is 49.0 Å². The van der Waals surface area contributed by atoms with Crippen LogP contribution in [0.2, 0.25) is 0 Å². The van der Waals surface area contributed by atoms with E-state index in [1.54, 1.807) is 63.4 Å². The van der Waals surface area contributed by atoms with Gasteiger partial charge in [0.2, 0.25) is 0 Å². The first kappa shape index (κ1) is 25.9. The van der Waals surface area contributed by atoms with Gasteiger partial charge in [-0.05, 0) is 55.8 Å². The van der Waals surface area contributed by atoms with Crippen molar-refractivity contribution in [3.8, 4) is 17.1 Å². The van der Waals surface area contributed by atoms with Crippen molar-refractivity contribution in [3.05, 3.63) is 113 Å². The Bertz CT molecular complexity index is 1780. The van der Waals surface area contributed by atoms with Crippen LogP contribution >= 0.6 is 11.3 Å². The average Bonchev–Trinajstić information content (AvgIpc) is 3.52. The van der Waals surface area contributed by atoms with Gasteiger partial charge in [-0.1, -0.05) is 23.5 Å². The van der Waals surface area contributed by atoms with E-state index in [1.165, 1.54) is 28.0 Å². The zero-order valence-corrected chi connectivity index (χ0v) is 22.1. The smallest absolute Gasteiger partial charge is 0.338 e. The number of ether oxygens (including phenoxy) is 2.